The Morgan fingerprint density at radius 2 is 1.61 bits per heavy atom. The first kappa shape index (κ1) is 20.1. The molecule has 1 amide bonds. The predicted octanol–water partition coefficient (Wildman–Crippen LogP) is 3.86. The smallest absolute Gasteiger partial charge is 0.409 e. The van der Waals surface area contributed by atoms with E-state index in [2.05, 4.69) is 34.9 Å². The number of nitrogens with zero attached hydrogens (tertiary/aromatic N) is 1. The first-order valence-electron chi connectivity index (χ1n) is 9.76. The number of carbonyl (C=O) groups excluding carboxylic acids is 1. The number of nitrogens with one attached hydrogen (secondary N) is 2. The molecule has 28 heavy (non-hydrogen) atoms. The predicted molar refractivity (Wildman–Crippen MR) is 115 cm³/mol. The van der Waals surface area contributed by atoms with Crippen molar-refractivity contribution in [3.63, 3.8) is 0 Å². The summed E-state index contributed by atoms with van der Waals surface area (Å²) in [4.78, 5) is 13.6. The molecule has 6 heteroatoms. The molecule has 2 aromatic rings. The molecule has 1 aliphatic heterocycles. The Labute approximate surface area is 172 Å². The summed E-state index contributed by atoms with van der Waals surface area (Å²) in [5.41, 5.74) is 2.32. The van der Waals surface area contributed by atoms with E-state index in [9.17, 15) is 4.79 Å². The van der Waals surface area contributed by atoms with Crippen molar-refractivity contribution in [1.82, 2.24) is 15.5 Å². The minimum Gasteiger partial charge on any atom is -0.450 e. The summed E-state index contributed by atoms with van der Waals surface area (Å²) in [6, 6.07) is 20.8. The van der Waals surface area contributed by atoms with E-state index in [1.165, 1.54) is 0 Å². The van der Waals surface area contributed by atoms with Gasteiger partial charge in [-0.05, 0) is 43.1 Å². The highest BCUT2D eigenvalue weighted by molar-refractivity contribution is 7.80. The van der Waals surface area contributed by atoms with Crippen LogP contribution in [0.4, 0.5) is 4.79 Å². The van der Waals surface area contributed by atoms with Gasteiger partial charge in [0.1, 0.15) is 0 Å². The zero-order valence-electron chi connectivity index (χ0n) is 16.1. The Morgan fingerprint density at radius 3 is 2.11 bits per heavy atom. The van der Waals surface area contributed by atoms with E-state index in [4.69, 9.17) is 17.0 Å². The van der Waals surface area contributed by atoms with Gasteiger partial charge in [0.15, 0.2) is 5.11 Å². The minimum atomic E-state index is -0.227. The van der Waals surface area contributed by atoms with Crippen LogP contribution in [-0.2, 0) is 4.74 Å². The van der Waals surface area contributed by atoms with Crippen LogP contribution in [0.2, 0.25) is 0 Å². The third-order valence-electron chi connectivity index (χ3n) is 4.90. The van der Waals surface area contributed by atoms with Crippen LogP contribution in [-0.4, -0.2) is 41.8 Å². The van der Waals surface area contributed by atoms with Crippen LogP contribution >= 0.6 is 12.2 Å². The zero-order valence-corrected chi connectivity index (χ0v) is 17.0. The minimum absolute atomic E-state index is 0.0120. The van der Waals surface area contributed by atoms with Gasteiger partial charge < -0.3 is 20.3 Å². The maximum absolute atomic E-state index is 11.8. The number of amides is 1. The Hall–Kier alpha value is -2.60. The summed E-state index contributed by atoms with van der Waals surface area (Å²) in [5, 5.41) is 7.52. The Kier molecular flexibility index (Phi) is 7.25. The second-order valence-corrected chi connectivity index (χ2v) is 7.24. The van der Waals surface area contributed by atoms with Crippen molar-refractivity contribution in [2.75, 3.05) is 19.7 Å². The number of hydrogen-bond acceptors (Lipinski definition) is 3. The van der Waals surface area contributed by atoms with E-state index in [0.29, 0.717) is 24.8 Å². The van der Waals surface area contributed by atoms with Gasteiger partial charge in [0.2, 0.25) is 0 Å². The molecule has 148 valence electrons. The average molecular weight is 398 g/mol. The Balaban J connectivity index is 1.59. The first-order chi connectivity index (χ1) is 13.7. The van der Waals surface area contributed by atoms with Crippen LogP contribution in [0, 0.1) is 0 Å². The van der Waals surface area contributed by atoms with E-state index >= 15 is 0 Å². The molecular formula is C22H27N3O2S. The standard InChI is InChI=1S/C22H27N3O2S/c1-2-27-22(26)25-15-13-19(14-16-25)23-21(28)24-20(17-9-5-3-6-10-17)18-11-7-4-8-12-18/h3-12,19-20H,2,13-16H2,1H3,(H2,23,24,28). The monoisotopic (exact) mass is 397 g/mol. The lowest BCUT2D eigenvalue weighted by atomic mass is 9.99. The number of benzene rings is 2. The molecule has 2 N–H and O–H groups in total. The molecule has 2 aromatic carbocycles. The molecular weight excluding hydrogens is 370 g/mol. The van der Waals surface area contributed by atoms with Gasteiger partial charge in [0, 0.05) is 19.1 Å². The van der Waals surface area contributed by atoms with Crippen molar-refractivity contribution < 1.29 is 9.53 Å². The van der Waals surface area contributed by atoms with Gasteiger partial charge in [-0.3, -0.25) is 0 Å². The van der Waals surface area contributed by atoms with E-state index in [0.717, 1.165) is 24.0 Å². The molecule has 0 atom stereocenters. The van der Waals surface area contributed by atoms with Crippen LogP contribution in [0.15, 0.2) is 60.7 Å². The lowest BCUT2D eigenvalue weighted by Gasteiger charge is -2.33. The molecule has 1 heterocycles. The van der Waals surface area contributed by atoms with E-state index in [1.54, 1.807) is 4.90 Å². The van der Waals surface area contributed by atoms with E-state index < -0.39 is 0 Å². The number of thiocarbonyl (C=S) groups is 1. The van der Waals surface area contributed by atoms with Gasteiger partial charge in [-0.25, -0.2) is 4.79 Å². The molecule has 0 saturated carbocycles. The molecule has 1 saturated heterocycles. The summed E-state index contributed by atoms with van der Waals surface area (Å²) in [5.74, 6) is 0. The highest BCUT2D eigenvalue weighted by Gasteiger charge is 2.24. The second-order valence-electron chi connectivity index (χ2n) is 6.83. The molecule has 1 fully saturated rings. The fourth-order valence-electron chi connectivity index (χ4n) is 3.43. The molecule has 0 aromatic heterocycles. The van der Waals surface area contributed by atoms with Gasteiger partial charge in [0.25, 0.3) is 0 Å². The summed E-state index contributed by atoms with van der Waals surface area (Å²) >= 11 is 5.61. The number of ether oxygens (including phenoxy) is 1. The molecule has 0 radical (unpaired) electrons. The van der Waals surface area contributed by atoms with Crippen LogP contribution in [0.1, 0.15) is 36.9 Å². The average Bonchev–Trinajstić information content (AvgIpc) is 2.74. The third kappa shape index (κ3) is 5.45. The van der Waals surface area contributed by atoms with Crippen molar-refractivity contribution in [3.8, 4) is 0 Å². The summed E-state index contributed by atoms with van der Waals surface area (Å²) in [6.45, 7) is 3.59. The Morgan fingerprint density at radius 1 is 1.07 bits per heavy atom. The highest BCUT2D eigenvalue weighted by atomic mass is 32.1. The van der Waals surface area contributed by atoms with Crippen molar-refractivity contribution in [2.45, 2.75) is 31.8 Å². The highest BCUT2D eigenvalue weighted by Crippen LogP contribution is 2.22. The Bertz CT molecular complexity index is 722. The topological polar surface area (TPSA) is 53.6 Å². The van der Waals surface area contributed by atoms with Crippen LogP contribution in [0.25, 0.3) is 0 Å². The zero-order chi connectivity index (χ0) is 19.8. The van der Waals surface area contributed by atoms with Gasteiger partial charge >= 0.3 is 6.09 Å². The first-order valence-corrected chi connectivity index (χ1v) is 10.2. The summed E-state index contributed by atoms with van der Waals surface area (Å²) in [7, 11) is 0. The van der Waals surface area contributed by atoms with Crippen LogP contribution in [0.3, 0.4) is 0 Å². The fraction of sp³-hybridized carbons (Fsp3) is 0.364. The number of likely N-dealkylation sites (tertiary alicyclic amines) is 1. The quantitative estimate of drug-likeness (QED) is 0.751. The van der Waals surface area contributed by atoms with Gasteiger partial charge in [-0.1, -0.05) is 60.7 Å². The van der Waals surface area contributed by atoms with Gasteiger partial charge in [-0.2, -0.15) is 0 Å². The molecule has 0 aliphatic carbocycles. The lowest BCUT2D eigenvalue weighted by molar-refractivity contribution is 0.0963. The second kappa shape index (κ2) is 10.1. The molecule has 0 spiro atoms. The van der Waals surface area contributed by atoms with Gasteiger partial charge in [0.05, 0.1) is 12.6 Å². The van der Waals surface area contributed by atoms with Gasteiger partial charge in [-0.15, -0.1) is 0 Å². The maximum atomic E-state index is 11.8. The number of rotatable bonds is 5. The number of hydrogen-bond donors (Lipinski definition) is 2. The number of carbonyl (C=O) groups is 1. The molecule has 5 nitrogen and oxygen atoms in total. The normalized spacial score (nSPS) is 14.6. The van der Waals surface area contributed by atoms with Crippen molar-refractivity contribution >= 4 is 23.4 Å². The van der Waals surface area contributed by atoms with Crippen LogP contribution < -0.4 is 10.6 Å². The lowest BCUT2D eigenvalue weighted by Crippen LogP contribution is -2.49. The SMILES string of the molecule is CCOC(=O)N1CCC(NC(=S)NC(c2ccccc2)c2ccccc2)CC1. The van der Waals surface area contributed by atoms with E-state index in [1.807, 2.05) is 43.3 Å². The van der Waals surface area contributed by atoms with Crippen LogP contribution in [0.5, 0.6) is 0 Å². The van der Waals surface area contributed by atoms with Crippen molar-refractivity contribution in [1.29, 1.82) is 0 Å². The molecule has 0 bridgehead atoms. The number of piperidine rings is 1. The van der Waals surface area contributed by atoms with Crippen molar-refractivity contribution in [3.05, 3.63) is 71.8 Å². The summed E-state index contributed by atoms with van der Waals surface area (Å²) < 4.78 is 5.08. The fourth-order valence-corrected chi connectivity index (χ4v) is 3.71. The maximum Gasteiger partial charge on any atom is 0.409 e. The summed E-state index contributed by atoms with van der Waals surface area (Å²) in [6.07, 6.45) is 1.47. The largest absolute Gasteiger partial charge is 0.450 e. The van der Waals surface area contributed by atoms with Crippen molar-refractivity contribution in [2.24, 2.45) is 0 Å². The van der Waals surface area contributed by atoms with E-state index in [-0.39, 0.29) is 18.2 Å². The molecule has 3 rings (SSSR count). The third-order valence-corrected chi connectivity index (χ3v) is 5.13. The molecule has 1 aliphatic rings. The molecule has 0 unspecified atom stereocenters.